The lowest BCUT2D eigenvalue weighted by Gasteiger charge is -2.17. The molecule has 3 heteroatoms. The van der Waals surface area contributed by atoms with Crippen LogP contribution < -0.4 is 0 Å². The SMILES string of the molecule is N#Cc1ccc(-c2ccc3c4c(ccc(-c5ccc(-c6cc(-c7ccccc7)nc(-c7ccccc7)n6)cc5)c24)-c2ccccc2-3)c2ccccc12. The molecule has 0 saturated heterocycles. The quantitative estimate of drug-likeness (QED) is 0.185. The summed E-state index contributed by atoms with van der Waals surface area (Å²) in [5, 5.41) is 14.5. The second kappa shape index (κ2) is 12.0. The van der Waals surface area contributed by atoms with E-state index in [-0.39, 0.29) is 0 Å². The van der Waals surface area contributed by atoms with Crippen LogP contribution in [0.5, 0.6) is 0 Å². The lowest BCUT2D eigenvalue weighted by atomic mass is 9.86. The largest absolute Gasteiger partial charge is 0.228 e. The summed E-state index contributed by atoms with van der Waals surface area (Å²) < 4.78 is 0. The summed E-state index contributed by atoms with van der Waals surface area (Å²) in [6, 6.07) is 63.8. The van der Waals surface area contributed by atoms with Crippen molar-refractivity contribution in [2.45, 2.75) is 0 Å². The Bertz CT molecular complexity index is 2800. The smallest absolute Gasteiger partial charge is 0.160 e. The molecular formula is C49H29N3. The van der Waals surface area contributed by atoms with Crippen molar-refractivity contribution in [1.82, 2.24) is 9.97 Å². The average molecular weight is 660 g/mol. The Labute approximate surface area is 301 Å². The molecular weight excluding hydrogens is 631 g/mol. The molecule has 52 heavy (non-hydrogen) atoms. The number of rotatable bonds is 5. The maximum atomic E-state index is 9.94. The van der Waals surface area contributed by atoms with Gasteiger partial charge >= 0.3 is 0 Å². The molecule has 1 aliphatic carbocycles. The number of aromatic nitrogens is 2. The molecule has 3 nitrogen and oxygen atoms in total. The molecule has 1 aromatic heterocycles. The lowest BCUT2D eigenvalue weighted by Crippen LogP contribution is -1.96. The standard InChI is InChI=1S/C49H29N3/c50-30-35-23-24-41(38-16-8-7-15-36(35)38)44-28-27-43-40-18-10-9-17-39(40)42-26-25-37(47(44)48(42)43)31-19-21-33(22-20-31)46-29-45(32-11-3-1-4-12-32)51-49(52-46)34-13-5-2-6-14-34/h1-29H. The third-order valence-electron chi connectivity index (χ3n) is 10.3. The Morgan fingerprint density at radius 3 is 1.44 bits per heavy atom. The number of nitriles is 1. The fourth-order valence-electron chi connectivity index (χ4n) is 7.88. The minimum absolute atomic E-state index is 0.684. The van der Waals surface area contributed by atoms with Crippen LogP contribution in [-0.2, 0) is 0 Å². The summed E-state index contributed by atoms with van der Waals surface area (Å²) in [7, 11) is 0. The van der Waals surface area contributed by atoms with Gasteiger partial charge in [-0.15, -0.1) is 0 Å². The summed E-state index contributed by atoms with van der Waals surface area (Å²) in [6.07, 6.45) is 0. The van der Waals surface area contributed by atoms with Gasteiger partial charge in [0, 0.05) is 22.1 Å². The van der Waals surface area contributed by atoms with E-state index in [1.165, 1.54) is 38.6 Å². The Morgan fingerprint density at radius 1 is 0.346 bits per heavy atom. The van der Waals surface area contributed by atoms with Gasteiger partial charge in [-0.1, -0.05) is 164 Å². The average Bonchev–Trinajstić information content (AvgIpc) is 3.56. The van der Waals surface area contributed by atoms with Gasteiger partial charge in [0.1, 0.15) is 0 Å². The number of fused-ring (bicyclic) bond motifs is 4. The maximum absolute atomic E-state index is 9.94. The van der Waals surface area contributed by atoms with Crippen molar-refractivity contribution in [3.8, 4) is 84.5 Å². The van der Waals surface area contributed by atoms with Crippen molar-refractivity contribution in [3.63, 3.8) is 0 Å². The zero-order valence-corrected chi connectivity index (χ0v) is 28.1. The zero-order valence-electron chi connectivity index (χ0n) is 28.1. The van der Waals surface area contributed by atoms with Crippen molar-refractivity contribution >= 4 is 21.5 Å². The van der Waals surface area contributed by atoms with Crippen molar-refractivity contribution in [1.29, 1.82) is 5.26 Å². The topological polar surface area (TPSA) is 49.6 Å². The van der Waals surface area contributed by atoms with E-state index in [2.05, 4.69) is 127 Å². The molecule has 0 spiro atoms. The van der Waals surface area contributed by atoms with E-state index in [0.29, 0.717) is 11.4 Å². The predicted molar refractivity (Wildman–Crippen MR) is 213 cm³/mol. The molecule has 0 fully saturated rings. The molecule has 0 aliphatic heterocycles. The molecule has 0 bridgehead atoms. The van der Waals surface area contributed by atoms with Crippen molar-refractivity contribution in [2.24, 2.45) is 0 Å². The number of hydrogen-bond donors (Lipinski definition) is 0. The summed E-state index contributed by atoms with van der Waals surface area (Å²) in [4.78, 5) is 10.0. The lowest BCUT2D eigenvalue weighted by molar-refractivity contribution is 1.18. The van der Waals surface area contributed by atoms with Crippen LogP contribution >= 0.6 is 0 Å². The summed E-state index contributed by atoms with van der Waals surface area (Å²) in [6.45, 7) is 0. The molecule has 10 rings (SSSR count). The van der Waals surface area contributed by atoms with Crippen LogP contribution in [0.15, 0.2) is 176 Å². The highest BCUT2D eigenvalue weighted by Gasteiger charge is 2.25. The molecule has 9 aromatic rings. The van der Waals surface area contributed by atoms with Gasteiger partial charge in [0.05, 0.1) is 23.0 Å². The molecule has 0 unspecified atom stereocenters. The van der Waals surface area contributed by atoms with Gasteiger partial charge in [-0.3, -0.25) is 0 Å². The van der Waals surface area contributed by atoms with E-state index in [1.807, 2.05) is 54.6 Å². The first-order valence-corrected chi connectivity index (χ1v) is 17.5. The molecule has 1 heterocycles. The second-order valence-corrected chi connectivity index (χ2v) is 13.2. The molecule has 1 aliphatic rings. The zero-order chi connectivity index (χ0) is 34.6. The monoisotopic (exact) mass is 659 g/mol. The van der Waals surface area contributed by atoms with Gasteiger partial charge in [0.2, 0.25) is 0 Å². The van der Waals surface area contributed by atoms with Crippen molar-refractivity contribution < 1.29 is 0 Å². The van der Waals surface area contributed by atoms with Gasteiger partial charge in [-0.05, 0) is 72.8 Å². The first kappa shape index (κ1) is 29.7. The van der Waals surface area contributed by atoms with Crippen LogP contribution in [0.3, 0.4) is 0 Å². The van der Waals surface area contributed by atoms with E-state index in [1.54, 1.807) is 0 Å². The predicted octanol–water partition coefficient (Wildman–Crippen LogP) is 12.6. The number of hydrogen-bond acceptors (Lipinski definition) is 3. The summed E-state index contributed by atoms with van der Waals surface area (Å²) in [5.41, 5.74) is 15.1. The van der Waals surface area contributed by atoms with E-state index >= 15 is 0 Å². The summed E-state index contributed by atoms with van der Waals surface area (Å²) in [5.74, 6) is 0.701. The Kier molecular flexibility index (Phi) is 6.87. The highest BCUT2D eigenvalue weighted by atomic mass is 14.9. The third kappa shape index (κ3) is 4.74. The molecule has 0 N–H and O–H groups in total. The first-order chi connectivity index (χ1) is 25.7. The fraction of sp³-hybridized carbons (Fsp3) is 0. The normalized spacial score (nSPS) is 11.4. The van der Waals surface area contributed by atoms with E-state index < -0.39 is 0 Å². The number of nitrogens with zero attached hydrogens (tertiary/aromatic N) is 3. The van der Waals surface area contributed by atoms with Gasteiger partial charge < -0.3 is 0 Å². The van der Waals surface area contributed by atoms with Gasteiger partial charge in [0.25, 0.3) is 0 Å². The minimum atomic E-state index is 0.684. The Balaban J connectivity index is 1.17. The van der Waals surface area contributed by atoms with Gasteiger partial charge in [-0.2, -0.15) is 5.26 Å². The van der Waals surface area contributed by atoms with E-state index in [0.717, 1.165) is 55.5 Å². The van der Waals surface area contributed by atoms with E-state index in [9.17, 15) is 5.26 Å². The van der Waals surface area contributed by atoms with Crippen molar-refractivity contribution in [3.05, 3.63) is 181 Å². The van der Waals surface area contributed by atoms with Crippen LogP contribution in [0, 0.1) is 11.3 Å². The van der Waals surface area contributed by atoms with Gasteiger partial charge in [0.15, 0.2) is 5.82 Å². The highest BCUT2D eigenvalue weighted by molar-refractivity contribution is 6.23. The summed E-state index contributed by atoms with van der Waals surface area (Å²) >= 11 is 0. The molecule has 0 radical (unpaired) electrons. The van der Waals surface area contributed by atoms with Crippen LogP contribution in [0.25, 0.3) is 100.0 Å². The maximum Gasteiger partial charge on any atom is 0.160 e. The first-order valence-electron chi connectivity index (χ1n) is 17.5. The minimum Gasteiger partial charge on any atom is -0.228 e. The fourth-order valence-corrected chi connectivity index (χ4v) is 7.88. The third-order valence-corrected chi connectivity index (χ3v) is 10.3. The molecule has 0 amide bonds. The van der Waals surface area contributed by atoms with Crippen LogP contribution in [0.4, 0.5) is 0 Å². The van der Waals surface area contributed by atoms with Crippen LogP contribution in [-0.4, -0.2) is 9.97 Å². The highest BCUT2D eigenvalue weighted by Crippen LogP contribution is 2.52. The van der Waals surface area contributed by atoms with Gasteiger partial charge in [-0.25, -0.2) is 9.97 Å². The molecule has 0 atom stereocenters. The molecule has 0 saturated carbocycles. The number of benzene rings is 8. The Morgan fingerprint density at radius 2 is 0.808 bits per heavy atom. The molecule has 240 valence electrons. The molecule has 8 aromatic carbocycles. The second-order valence-electron chi connectivity index (χ2n) is 13.2. The van der Waals surface area contributed by atoms with Crippen molar-refractivity contribution in [2.75, 3.05) is 0 Å². The van der Waals surface area contributed by atoms with Crippen LogP contribution in [0.1, 0.15) is 5.56 Å². The van der Waals surface area contributed by atoms with Crippen LogP contribution in [0.2, 0.25) is 0 Å². The Hall–Kier alpha value is -7.15. The van der Waals surface area contributed by atoms with E-state index in [4.69, 9.17) is 9.97 Å².